The van der Waals surface area contributed by atoms with Gasteiger partial charge < -0.3 is 0 Å². The van der Waals surface area contributed by atoms with Gasteiger partial charge >= 0.3 is 0 Å². The number of halogens is 2. The molecule has 0 spiro atoms. The molecule has 0 amide bonds. The van der Waals surface area contributed by atoms with Gasteiger partial charge in [0.15, 0.2) is 11.5 Å². The summed E-state index contributed by atoms with van der Waals surface area (Å²) in [5, 5.41) is 9.25. The van der Waals surface area contributed by atoms with Gasteiger partial charge in [0.1, 0.15) is 5.82 Å². The molecular weight excluding hydrogens is 291 g/mol. The van der Waals surface area contributed by atoms with Crippen LogP contribution in [0.1, 0.15) is 0 Å². The van der Waals surface area contributed by atoms with Crippen LogP contribution in [-0.2, 0) is 0 Å². The first kappa shape index (κ1) is 12.2. The second-order valence-corrected chi connectivity index (χ2v) is 4.90. The normalized spacial score (nSPS) is 11.3. The summed E-state index contributed by atoms with van der Waals surface area (Å²) in [5.41, 5.74) is 1.62. The minimum Gasteiger partial charge on any atom is -0.248 e. The van der Waals surface area contributed by atoms with Crippen LogP contribution < -0.4 is 0 Å². The molecule has 102 valence electrons. The third-order valence-electron chi connectivity index (χ3n) is 3.32. The van der Waals surface area contributed by atoms with Gasteiger partial charge in [-0.2, -0.15) is 0 Å². The minimum absolute atomic E-state index is 0.201. The van der Waals surface area contributed by atoms with E-state index >= 15 is 0 Å². The SMILES string of the molecule is Fc1ccccc1-c1nnc2c3ccccc3nc(Cl)n12. The van der Waals surface area contributed by atoms with Gasteiger partial charge in [-0.05, 0) is 35.9 Å². The lowest BCUT2D eigenvalue weighted by Gasteiger charge is -2.05. The second kappa shape index (κ2) is 4.49. The van der Waals surface area contributed by atoms with Crippen LogP contribution in [0.3, 0.4) is 0 Å². The van der Waals surface area contributed by atoms with E-state index in [1.807, 2.05) is 24.3 Å². The zero-order chi connectivity index (χ0) is 14.4. The number of hydrogen-bond donors (Lipinski definition) is 0. The van der Waals surface area contributed by atoms with Gasteiger partial charge in [-0.1, -0.05) is 24.3 Å². The molecule has 0 bridgehead atoms. The van der Waals surface area contributed by atoms with Gasteiger partial charge in [0.2, 0.25) is 5.28 Å². The van der Waals surface area contributed by atoms with Gasteiger partial charge in [-0.15, -0.1) is 10.2 Å². The number of benzene rings is 2. The van der Waals surface area contributed by atoms with E-state index in [0.717, 1.165) is 10.9 Å². The first-order chi connectivity index (χ1) is 10.3. The molecule has 2 heterocycles. The van der Waals surface area contributed by atoms with Crippen molar-refractivity contribution in [2.45, 2.75) is 0 Å². The molecule has 0 aliphatic carbocycles. The molecule has 0 radical (unpaired) electrons. The molecule has 2 aromatic heterocycles. The fourth-order valence-electron chi connectivity index (χ4n) is 2.36. The van der Waals surface area contributed by atoms with E-state index in [4.69, 9.17) is 11.6 Å². The average molecular weight is 299 g/mol. The number of nitrogens with zero attached hydrogens (tertiary/aromatic N) is 4. The Morgan fingerprint density at radius 3 is 2.57 bits per heavy atom. The highest BCUT2D eigenvalue weighted by atomic mass is 35.5. The molecular formula is C15H8ClFN4. The maximum absolute atomic E-state index is 14.0. The average Bonchev–Trinajstić information content (AvgIpc) is 2.93. The lowest BCUT2D eigenvalue weighted by Crippen LogP contribution is -1.97. The Bertz CT molecular complexity index is 980. The zero-order valence-corrected chi connectivity index (χ0v) is 11.4. The summed E-state index contributed by atoms with van der Waals surface area (Å²) in [7, 11) is 0. The molecule has 0 N–H and O–H groups in total. The number of rotatable bonds is 1. The summed E-state index contributed by atoms with van der Waals surface area (Å²) < 4.78 is 15.5. The van der Waals surface area contributed by atoms with Crippen molar-refractivity contribution in [1.82, 2.24) is 19.6 Å². The molecule has 6 heteroatoms. The monoisotopic (exact) mass is 298 g/mol. The Balaban J connectivity index is 2.14. The molecule has 0 saturated carbocycles. The van der Waals surface area contributed by atoms with E-state index in [2.05, 4.69) is 15.2 Å². The first-order valence-corrected chi connectivity index (χ1v) is 6.68. The summed E-state index contributed by atoms with van der Waals surface area (Å²) in [5.74, 6) is -0.0395. The van der Waals surface area contributed by atoms with E-state index < -0.39 is 0 Å². The molecule has 0 fully saturated rings. The molecule has 21 heavy (non-hydrogen) atoms. The predicted molar refractivity (Wildman–Crippen MR) is 78.7 cm³/mol. The topological polar surface area (TPSA) is 43.1 Å². The molecule has 4 nitrogen and oxygen atoms in total. The Labute approximate surface area is 123 Å². The van der Waals surface area contributed by atoms with Crippen molar-refractivity contribution < 1.29 is 4.39 Å². The van der Waals surface area contributed by atoms with Gasteiger partial charge in [-0.25, -0.2) is 13.8 Å². The summed E-state index contributed by atoms with van der Waals surface area (Å²) >= 11 is 6.23. The molecule has 0 saturated heterocycles. The maximum Gasteiger partial charge on any atom is 0.210 e. The third kappa shape index (κ3) is 1.78. The Morgan fingerprint density at radius 2 is 1.71 bits per heavy atom. The molecule has 2 aromatic carbocycles. The van der Waals surface area contributed by atoms with Crippen molar-refractivity contribution in [3.05, 3.63) is 59.6 Å². The minimum atomic E-state index is -0.379. The van der Waals surface area contributed by atoms with Crippen molar-refractivity contribution >= 4 is 28.2 Å². The van der Waals surface area contributed by atoms with Gasteiger partial charge in [0, 0.05) is 5.39 Å². The largest absolute Gasteiger partial charge is 0.248 e. The fraction of sp³-hybridized carbons (Fsp3) is 0. The lowest BCUT2D eigenvalue weighted by molar-refractivity contribution is 0.629. The van der Waals surface area contributed by atoms with Gasteiger partial charge in [0.05, 0.1) is 11.1 Å². The van der Waals surface area contributed by atoms with Crippen LogP contribution in [0.2, 0.25) is 5.28 Å². The fourth-order valence-corrected chi connectivity index (χ4v) is 2.61. The van der Waals surface area contributed by atoms with E-state index in [9.17, 15) is 4.39 Å². The van der Waals surface area contributed by atoms with Gasteiger partial charge in [-0.3, -0.25) is 0 Å². The van der Waals surface area contributed by atoms with Crippen LogP contribution in [0.25, 0.3) is 27.9 Å². The second-order valence-electron chi connectivity index (χ2n) is 4.56. The number of fused-ring (bicyclic) bond motifs is 3. The van der Waals surface area contributed by atoms with E-state index in [-0.39, 0.29) is 11.1 Å². The highest BCUT2D eigenvalue weighted by Gasteiger charge is 2.17. The molecule has 0 unspecified atom stereocenters. The van der Waals surface area contributed by atoms with Crippen LogP contribution in [0, 0.1) is 5.82 Å². The third-order valence-corrected chi connectivity index (χ3v) is 3.57. The molecule has 0 atom stereocenters. The standard InChI is InChI=1S/C15H8ClFN4/c16-15-18-12-8-4-2-6-10(12)14-20-19-13(21(14)15)9-5-1-3-7-11(9)17/h1-8H. The van der Waals surface area contributed by atoms with Crippen molar-refractivity contribution in [2.75, 3.05) is 0 Å². The zero-order valence-electron chi connectivity index (χ0n) is 10.7. The highest BCUT2D eigenvalue weighted by molar-refractivity contribution is 6.29. The van der Waals surface area contributed by atoms with Crippen molar-refractivity contribution in [3.8, 4) is 11.4 Å². The number of hydrogen-bond acceptors (Lipinski definition) is 3. The van der Waals surface area contributed by atoms with Crippen LogP contribution >= 0.6 is 11.6 Å². The maximum atomic E-state index is 14.0. The quantitative estimate of drug-likeness (QED) is 0.503. The van der Waals surface area contributed by atoms with E-state index in [0.29, 0.717) is 17.0 Å². The van der Waals surface area contributed by atoms with Crippen LogP contribution in [0.4, 0.5) is 4.39 Å². The smallest absolute Gasteiger partial charge is 0.210 e. The van der Waals surface area contributed by atoms with Crippen molar-refractivity contribution in [3.63, 3.8) is 0 Å². The Kier molecular flexibility index (Phi) is 2.62. The van der Waals surface area contributed by atoms with Crippen LogP contribution in [-0.4, -0.2) is 19.6 Å². The van der Waals surface area contributed by atoms with Gasteiger partial charge in [0.25, 0.3) is 0 Å². The Hall–Kier alpha value is -2.53. The van der Waals surface area contributed by atoms with E-state index in [1.54, 1.807) is 22.6 Å². The lowest BCUT2D eigenvalue weighted by atomic mass is 10.2. The Morgan fingerprint density at radius 1 is 0.952 bits per heavy atom. The van der Waals surface area contributed by atoms with Crippen LogP contribution in [0.5, 0.6) is 0 Å². The van der Waals surface area contributed by atoms with Crippen molar-refractivity contribution in [1.29, 1.82) is 0 Å². The first-order valence-electron chi connectivity index (χ1n) is 6.30. The summed E-state index contributed by atoms with van der Waals surface area (Å²) in [6, 6.07) is 13.9. The highest BCUT2D eigenvalue weighted by Crippen LogP contribution is 2.27. The van der Waals surface area contributed by atoms with E-state index in [1.165, 1.54) is 6.07 Å². The van der Waals surface area contributed by atoms with Crippen molar-refractivity contribution in [2.24, 2.45) is 0 Å². The number of aromatic nitrogens is 4. The molecule has 0 aliphatic heterocycles. The summed E-state index contributed by atoms with van der Waals surface area (Å²) in [6.45, 7) is 0. The molecule has 4 aromatic rings. The summed E-state index contributed by atoms with van der Waals surface area (Å²) in [4.78, 5) is 4.32. The number of para-hydroxylation sites is 1. The predicted octanol–water partition coefficient (Wildman–Crippen LogP) is 3.74. The molecule has 4 rings (SSSR count). The van der Waals surface area contributed by atoms with Crippen LogP contribution in [0.15, 0.2) is 48.5 Å². The molecule has 0 aliphatic rings. The summed E-state index contributed by atoms with van der Waals surface area (Å²) in [6.07, 6.45) is 0.